The molecule has 0 saturated carbocycles. The minimum Gasteiger partial charge on any atom is -0.504 e. The maximum Gasteiger partial charge on any atom is 0.162 e. The molecule has 2 N–H and O–H groups in total. The van der Waals surface area contributed by atoms with E-state index in [2.05, 4.69) is 0 Å². The third-order valence-corrected chi connectivity index (χ3v) is 1.82. The van der Waals surface area contributed by atoms with E-state index in [1.165, 1.54) is 13.2 Å². The number of aliphatic hydroxyl groups excluding tert-OH is 1. The van der Waals surface area contributed by atoms with E-state index < -0.39 is 6.61 Å². The molecule has 0 fully saturated rings. The van der Waals surface area contributed by atoms with E-state index in [1.54, 1.807) is 12.1 Å². The Morgan fingerprint density at radius 3 is 2.79 bits per heavy atom. The van der Waals surface area contributed by atoms with Crippen LogP contribution in [0.15, 0.2) is 18.2 Å². The zero-order valence-corrected chi connectivity index (χ0v) is 7.86. The minimum atomic E-state index is -0.469. The van der Waals surface area contributed by atoms with Crippen LogP contribution < -0.4 is 4.74 Å². The van der Waals surface area contributed by atoms with E-state index in [9.17, 15) is 9.90 Å². The number of methoxy groups -OCH3 is 1. The summed E-state index contributed by atoms with van der Waals surface area (Å²) in [6.07, 6.45) is 0.146. The quantitative estimate of drug-likeness (QED) is 0.736. The highest BCUT2D eigenvalue weighted by atomic mass is 16.5. The molecule has 0 aliphatic rings. The Morgan fingerprint density at radius 2 is 2.21 bits per heavy atom. The summed E-state index contributed by atoms with van der Waals surface area (Å²) in [4.78, 5) is 10.9. The maximum absolute atomic E-state index is 10.9. The molecule has 0 amide bonds. The molecule has 4 nitrogen and oxygen atoms in total. The van der Waals surface area contributed by atoms with Crippen LogP contribution in [0.4, 0.5) is 0 Å². The molecule has 14 heavy (non-hydrogen) atoms. The predicted octanol–water partition coefficient (Wildman–Crippen LogP) is 0.505. The first kappa shape index (κ1) is 10.5. The summed E-state index contributed by atoms with van der Waals surface area (Å²) in [5, 5.41) is 17.8. The summed E-state index contributed by atoms with van der Waals surface area (Å²) >= 11 is 0. The number of Topliss-reactive ketones (excluding diaryl/α,β-unsaturated/α-hetero) is 1. The summed E-state index contributed by atoms with van der Waals surface area (Å²) in [5.74, 6) is 0.0960. The highest BCUT2D eigenvalue weighted by Crippen LogP contribution is 2.26. The van der Waals surface area contributed by atoms with Gasteiger partial charge >= 0.3 is 0 Å². The summed E-state index contributed by atoms with van der Waals surface area (Å²) in [7, 11) is 1.44. The van der Waals surface area contributed by atoms with E-state index in [-0.39, 0.29) is 18.0 Å². The Kier molecular flexibility index (Phi) is 3.48. The van der Waals surface area contributed by atoms with Gasteiger partial charge in [-0.2, -0.15) is 0 Å². The van der Waals surface area contributed by atoms with Crippen molar-refractivity contribution in [3.63, 3.8) is 0 Å². The van der Waals surface area contributed by atoms with E-state index in [0.29, 0.717) is 11.3 Å². The molecule has 0 spiro atoms. The molecule has 1 rings (SSSR count). The Balaban J connectivity index is 2.84. The molecule has 4 heteroatoms. The van der Waals surface area contributed by atoms with Crippen LogP contribution in [0.1, 0.15) is 5.56 Å². The van der Waals surface area contributed by atoms with Gasteiger partial charge in [-0.3, -0.25) is 4.79 Å². The fraction of sp³-hybridized carbons (Fsp3) is 0.300. The first-order chi connectivity index (χ1) is 6.67. The van der Waals surface area contributed by atoms with Crippen molar-refractivity contribution in [1.82, 2.24) is 0 Å². The molecule has 1 aromatic rings. The predicted molar refractivity (Wildman–Crippen MR) is 50.5 cm³/mol. The number of hydrogen-bond acceptors (Lipinski definition) is 4. The van der Waals surface area contributed by atoms with Gasteiger partial charge in [0.15, 0.2) is 17.3 Å². The standard InChI is InChI=1S/C10H12O4/c1-14-10-5-7(2-3-9(10)13)4-8(12)6-11/h2-3,5,11,13H,4,6H2,1H3. The largest absolute Gasteiger partial charge is 0.504 e. The molecular weight excluding hydrogens is 184 g/mol. The fourth-order valence-corrected chi connectivity index (χ4v) is 1.12. The number of benzene rings is 1. The van der Waals surface area contributed by atoms with Crippen LogP contribution in [0.5, 0.6) is 11.5 Å². The number of phenolic OH excluding ortho intramolecular Hbond substituents is 1. The second-order valence-electron chi connectivity index (χ2n) is 2.88. The summed E-state index contributed by atoms with van der Waals surface area (Å²) in [5.41, 5.74) is 0.707. The van der Waals surface area contributed by atoms with Crippen LogP contribution in [0.2, 0.25) is 0 Å². The lowest BCUT2D eigenvalue weighted by atomic mass is 10.1. The molecule has 76 valence electrons. The van der Waals surface area contributed by atoms with E-state index in [0.717, 1.165) is 0 Å². The third kappa shape index (κ3) is 2.47. The van der Waals surface area contributed by atoms with Gasteiger partial charge in [0.2, 0.25) is 0 Å². The van der Waals surface area contributed by atoms with Crippen molar-refractivity contribution in [1.29, 1.82) is 0 Å². The highest BCUT2D eigenvalue weighted by molar-refractivity contribution is 5.81. The zero-order valence-electron chi connectivity index (χ0n) is 7.86. The third-order valence-electron chi connectivity index (χ3n) is 1.82. The molecule has 0 aliphatic heterocycles. The first-order valence-electron chi connectivity index (χ1n) is 4.16. The average molecular weight is 196 g/mol. The van der Waals surface area contributed by atoms with Crippen molar-refractivity contribution in [2.75, 3.05) is 13.7 Å². The number of aliphatic hydroxyl groups is 1. The lowest BCUT2D eigenvalue weighted by Gasteiger charge is -2.05. The van der Waals surface area contributed by atoms with Crippen molar-refractivity contribution in [3.8, 4) is 11.5 Å². The van der Waals surface area contributed by atoms with Gasteiger partial charge in [0.1, 0.15) is 6.61 Å². The smallest absolute Gasteiger partial charge is 0.162 e. The van der Waals surface area contributed by atoms with Gasteiger partial charge in [0.05, 0.1) is 7.11 Å². The summed E-state index contributed by atoms with van der Waals surface area (Å²) in [6.45, 7) is -0.469. The van der Waals surface area contributed by atoms with Gasteiger partial charge in [-0.1, -0.05) is 6.07 Å². The molecule has 1 aromatic carbocycles. The number of rotatable bonds is 4. The Bertz CT molecular complexity index is 333. The fourth-order valence-electron chi connectivity index (χ4n) is 1.12. The van der Waals surface area contributed by atoms with Crippen molar-refractivity contribution in [3.05, 3.63) is 23.8 Å². The molecule has 0 heterocycles. The number of phenols is 1. The molecule has 0 unspecified atom stereocenters. The number of hydrogen-bond donors (Lipinski definition) is 2. The summed E-state index contributed by atoms with van der Waals surface area (Å²) in [6, 6.07) is 4.65. The van der Waals surface area contributed by atoms with Gasteiger partial charge < -0.3 is 14.9 Å². The molecule has 0 aliphatic carbocycles. The van der Waals surface area contributed by atoms with Crippen LogP contribution in [0.25, 0.3) is 0 Å². The van der Waals surface area contributed by atoms with E-state index >= 15 is 0 Å². The van der Waals surface area contributed by atoms with E-state index in [1.807, 2.05) is 0 Å². The van der Waals surface area contributed by atoms with Gasteiger partial charge in [-0.15, -0.1) is 0 Å². The Hall–Kier alpha value is -1.55. The first-order valence-corrected chi connectivity index (χ1v) is 4.16. The van der Waals surface area contributed by atoms with Crippen molar-refractivity contribution >= 4 is 5.78 Å². The number of carbonyl (C=O) groups is 1. The van der Waals surface area contributed by atoms with Gasteiger partial charge in [-0.25, -0.2) is 0 Å². The van der Waals surface area contributed by atoms with Crippen molar-refractivity contribution in [2.24, 2.45) is 0 Å². The maximum atomic E-state index is 10.9. The van der Waals surface area contributed by atoms with Crippen LogP contribution in [-0.2, 0) is 11.2 Å². The molecule has 0 bridgehead atoms. The van der Waals surface area contributed by atoms with Crippen molar-refractivity contribution in [2.45, 2.75) is 6.42 Å². The van der Waals surface area contributed by atoms with Gasteiger partial charge in [0, 0.05) is 6.42 Å². The normalized spacial score (nSPS) is 9.86. The number of carbonyl (C=O) groups excluding carboxylic acids is 1. The zero-order chi connectivity index (χ0) is 10.6. The van der Waals surface area contributed by atoms with Gasteiger partial charge in [-0.05, 0) is 17.7 Å². The second kappa shape index (κ2) is 4.62. The summed E-state index contributed by atoms with van der Waals surface area (Å²) < 4.78 is 4.88. The molecule has 0 atom stereocenters. The molecular formula is C10H12O4. The van der Waals surface area contributed by atoms with Crippen LogP contribution in [-0.4, -0.2) is 29.7 Å². The number of ketones is 1. The van der Waals surface area contributed by atoms with E-state index in [4.69, 9.17) is 9.84 Å². The minimum absolute atomic E-state index is 0.0349. The Morgan fingerprint density at radius 1 is 1.50 bits per heavy atom. The average Bonchev–Trinajstić information content (AvgIpc) is 2.20. The SMILES string of the molecule is COc1cc(CC(=O)CO)ccc1O. The number of aromatic hydroxyl groups is 1. The van der Waals surface area contributed by atoms with Gasteiger partial charge in [0.25, 0.3) is 0 Å². The highest BCUT2D eigenvalue weighted by Gasteiger charge is 2.06. The molecule has 0 radical (unpaired) electrons. The lowest BCUT2D eigenvalue weighted by molar-refractivity contribution is -0.121. The lowest BCUT2D eigenvalue weighted by Crippen LogP contribution is -2.07. The Labute approximate surface area is 81.8 Å². The topological polar surface area (TPSA) is 66.8 Å². The van der Waals surface area contributed by atoms with Crippen molar-refractivity contribution < 1.29 is 19.7 Å². The van der Waals surface area contributed by atoms with Crippen LogP contribution in [0.3, 0.4) is 0 Å². The number of ether oxygens (including phenoxy) is 1. The molecule has 0 saturated heterocycles. The second-order valence-corrected chi connectivity index (χ2v) is 2.88. The molecule has 0 aromatic heterocycles. The van der Waals surface area contributed by atoms with Crippen LogP contribution >= 0.6 is 0 Å². The monoisotopic (exact) mass is 196 g/mol. The van der Waals surface area contributed by atoms with Crippen LogP contribution in [0, 0.1) is 0 Å².